The smallest absolute Gasteiger partial charge is 0.222 e. The van der Waals surface area contributed by atoms with E-state index in [-0.39, 0.29) is 5.91 Å². The fraction of sp³-hybridized carbons (Fsp3) is 0.214. The third-order valence-corrected chi connectivity index (χ3v) is 2.62. The summed E-state index contributed by atoms with van der Waals surface area (Å²) in [6, 6.07) is 11.2. The predicted octanol–water partition coefficient (Wildman–Crippen LogP) is 2.06. The molecule has 2 N–H and O–H groups in total. The van der Waals surface area contributed by atoms with Crippen LogP contribution >= 0.6 is 0 Å². The fourth-order valence-corrected chi connectivity index (χ4v) is 1.71. The second-order valence-electron chi connectivity index (χ2n) is 4.15. The minimum atomic E-state index is -0.172. The first-order valence-electron chi connectivity index (χ1n) is 6.16. The molecule has 0 saturated heterocycles. The molecule has 0 radical (unpaired) electrons. The maximum absolute atomic E-state index is 10.9. The molecule has 2 aromatic rings. The minimum absolute atomic E-state index is 0.172. The van der Waals surface area contributed by atoms with Gasteiger partial charge in [-0.1, -0.05) is 18.2 Å². The maximum Gasteiger partial charge on any atom is 0.222 e. The Labute approximate surface area is 117 Å². The summed E-state index contributed by atoms with van der Waals surface area (Å²) in [7, 11) is 1.64. The first kappa shape index (κ1) is 13.8. The van der Waals surface area contributed by atoms with Crippen LogP contribution in [0.5, 0.6) is 5.75 Å². The molecule has 1 aromatic heterocycles. The van der Waals surface area contributed by atoms with Crippen LogP contribution in [-0.4, -0.2) is 23.2 Å². The van der Waals surface area contributed by atoms with E-state index in [0.717, 1.165) is 11.3 Å². The van der Waals surface area contributed by atoms with Gasteiger partial charge >= 0.3 is 0 Å². The topological polar surface area (TPSA) is 76.1 Å². The molecule has 20 heavy (non-hydrogen) atoms. The van der Waals surface area contributed by atoms with Crippen molar-refractivity contribution in [1.29, 1.82) is 0 Å². The molecular formula is C14H16N4O2. The third-order valence-electron chi connectivity index (χ3n) is 2.62. The molecule has 0 atom stereocenters. The number of rotatable bonds is 5. The summed E-state index contributed by atoms with van der Waals surface area (Å²) in [4.78, 5) is 10.9. The lowest BCUT2D eigenvalue weighted by atomic mass is 10.2. The van der Waals surface area contributed by atoms with Crippen LogP contribution in [0.2, 0.25) is 0 Å². The SMILES string of the molecule is COc1ccccc1CNc1ccc(NC(C)=O)nn1. The lowest BCUT2D eigenvalue weighted by Gasteiger charge is -2.09. The van der Waals surface area contributed by atoms with Crippen molar-refractivity contribution in [3.05, 3.63) is 42.0 Å². The van der Waals surface area contributed by atoms with E-state index in [1.54, 1.807) is 19.2 Å². The van der Waals surface area contributed by atoms with Crippen LogP contribution in [-0.2, 0) is 11.3 Å². The Bertz CT molecular complexity index is 584. The van der Waals surface area contributed by atoms with E-state index < -0.39 is 0 Å². The van der Waals surface area contributed by atoms with Gasteiger partial charge in [-0.2, -0.15) is 0 Å². The van der Waals surface area contributed by atoms with Gasteiger partial charge in [-0.3, -0.25) is 4.79 Å². The number of ether oxygens (including phenoxy) is 1. The Balaban J connectivity index is 1.98. The normalized spacial score (nSPS) is 9.90. The van der Waals surface area contributed by atoms with E-state index in [0.29, 0.717) is 18.2 Å². The molecule has 1 amide bonds. The van der Waals surface area contributed by atoms with Gasteiger partial charge in [-0.05, 0) is 18.2 Å². The van der Waals surface area contributed by atoms with Crippen molar-refractivity contribution in [3.8, 4) is 5.75 Å². The number of nitrogens with zero attached hydrogens (tertiary/aromatic N) is 2. The average molecular weight is 272 g/mol. The summed E-state index contributed by atoms with van der Waals surface area (Å²) in [5.74, 6) is 1.71. The van der Waals surface area contributed by atoms with Gasteiger partial charge in [0.25, 0.3) is 0 Å². The van der Waals surface area contributed by atoms with Crippen molar-refractivity contribution in [2.24, 2.45) is 0 Å². The van der Waals surface area contributed by atoms with Gasteiger partial charge in [0.1, 0.15) is 11.6 Å². The Morgan fingerprint density at radius 2 is 1.85 bits per heavy atom. The number of hydrogen-bond donors (Lipinski definition) is 2. The van der Waals surface area contributed by atoms with Crippen molar-refractivity contribution < 1.29 is 9.53 Å². The van der Waals surface area contributed by atoms with E-state index in [9.17, 15) is 4.79 Å². The van der Waals surface area contributed by atoms with Crippen LogP contribution in [0.15, 0.2) is 36.4 Å². The van der Waals surface area contributed by atoms with Gasteiger partial charge in [0.2, 0.25) is 5.91 Å². The second kappa shape index (κ2) is 6.51. The number of hydrogen-bond acceptors (Lipinski definition) is 5. The van der Waals surface area contributed by atoms with Gasteiger partial charge in [0.15, 0.2) is 5.82 Å². The molecule has 104 valence electrons. The highest BCUT2D eigenvalue weighted by molar-refractivity contribution is 5.87. The Kier molecular flexibility index (Phi) is 4.49. The highest BCUT2D eigenvalue weighted by atomic mass is 16.5. The van der Waals surface area contributed by atoms with Crippen molar-refractivity contribution in [2.45, 2.75) is 13.5 Å². The first-order chi connectivity index (χ1) is 9.69. The molecule has 0 saturated carbocycles. The molecular weight excluding hydrogens is 256 g/mol. The molecule has 0 aliphatic heterocycles. The molecule has 0 fully saturated rings. The van der Waals surface area contributed by atoms with Crippen molar-refractivity contribution >= 4 is 17.5 Å². The van der Waals surface area contributed by atoms with Crippen LogP contribution in [0.4, 0.5) is 11.6 Å². The largest absolute Gasteiger partial charge is 0.496 e. The molecule has 0 spiro atoms. The monoisotopic (exact) mass is 272 g/mol. The van der Waals surface area contributed by atoms with Crippen molar-refractivity contribution in [3.63, 3.8) is 0 Å². The summed E-state index contributed by atoms with van der Waals surface area (Å²) in [5, 5.41) is 13.6. The molecule has 2 rings (SSSR count). The zero-order chi connectivity index (χ0) is 14.4. The molecule has 6 nitrogen and oxygen atoms in total. The lowest BCUT2D eigenvalue weighted by molar-refractivity contribution is -0.114. The van der Waals surface area contributed by atoms with Crippen LogP contribution in [0.3, 0.4) is 0 Å². The number of benzene rings is 1. The Hall–Kier alpha value is -2.63. The Morgan fingerprint density at radius 3 is 2.50 bits per heavy atom. The number of carbonyl (C=O) groups excluding carboxylic acids is 1. The number of methoxy groups -OCH3 is 1. The summed E-state index contributed by atoms with van der Waals surface area (Å²) >= 11 is 0. The van der Waals surface area contributed by atoms with Crippen LogP contribution in [0.1, 0.15) is 12.5 Å². The van der Waals surface area contributed by atoms with Crippen molar-refractivity contribution in [2.75, 3.05) is 17.7 Å². The highest BCUT2D eigenvalue weighted by Gasteiger charge is 2.03. The zero-order valence-electron chi connectivity index (χ0n) is 11.4. The van der Waals surface area contributed by atoms with Gasteiger partial charge in [0.05, 0.1) is 7.11 Å². The van der Waals surface area contributed by atoms with Crippen LogP contribution in [0.25, 0.3) is 0 Å². The number of carbonyl (C=O) groups is 1. The number of amides is 1. The molecule has 0 aliphatic rings. The number of nitrogens with one attached hydrogen (secondary N) is 2. The molecule has 1 heterocycles. The maximum atomic E-state index is 10.9. The molecule has 0 unspecified atom stereocenters. The second-order valence-corrected chi connectivity index (χ2v) is 4.15. The summed E-state index contributed by atoms with van der Waals surface area (Å²) in [6.07, 6.45) is 0. The zero-order valence-corrected chi connectivity index (χ0v) is 11.4. The van der Waals surface area contributed by atoms with E-state index in [1.807, 2.05) is 24.3 Å². The number of para-hydroxylation sites is 1. The highest BCUT2D eigenvalue weighted by Crippen LogP contribution is 2.18. The van der Waals surface area contributed by atoms with E-state index >= 15 is 0 Å². The standard InChI is InChI=1S/C14H16N4O2/c1-10(19)16-14-8-7-13(17-18-14)15-9-11-5-3-4-6-12(11)20-2/h3-8H,9H2,1-2H3,(H,15,17)(H,16,18,19). The molecule has 1 aromatic carbocycles. The van der Waals surface area contributed by atoms with Gasteiger partial charge in [-0.25, -0.2) is 0 Å². The number of aromatic nitrogens is 2. The number of anilines is 2. The van der Waals surface area contributed by atoms with Crippen LogP contribution in [0, 0.1) is 0 Å². The van der Waals surface area contributed by atoms with Gasteiger partial charge < -0.3 is 15.4 Å². The lowest BCUT2D eigenvalue weighted by Crippen LogP contribution is -2.09. The van der Waals surface area contributed by atoms with E-state index in [2.05, 4.69) is 20.8 Å². The van der Waals surface area contributed by atoms with Gasteiger partial charge in [-0.15, -0.1) is 10.2 Å². The minimum Gasteiger partial charge on any atom is -0.496 e. The molecule has 0 aliphatic carbocycles. The fourth-order valence-electron chi connectivity index (χ4n) is 1.71. The summed E-state index contributed by atoms with van der Waals surface area (Å²) in [6.45, 7) is 2.01. The molecule has 6 heteroatoms. The van der Waals surface area contributed by atoms with Crippen LogP contribution < -0.4 is 15.4 Å². The average Bonchev–Trinajstić information content (AvgIpc) is 2.46. The predicted molar refractivity (Wildman–Crippen MR) is 76.7 cm³/mol. The van der Waals surface area contributed by atoms with E-state index in [1.165, 1.54) is 6.92 Å². The summed E-state index contributed by atoms with van der Waals surface area (Å²) in [5.41, 5.74) is 1.03. The van der Waals surface area contributed by atoms with Gasteiger partial charge in [0, 0.05) is 19.0 Å². The Morgan fingerprint density at radius 1 is 1.15 bits per heavy atom. The quantitative estimate of drug-likeness (QED) is 0.871. The van der Waals surface area contributed by atoms with E-state index in [4.69, 9.17) is 4.74 Å². The first-order valence-corrected chi connectivity index (χ1v) is 6.16. The molecule has 0 bridgehead atoms. The van der Waals surface area contributed by atoms with Crippen molar-refractivity contribution in [1.82, 2.24) is 10.2 Å². The third kappa shape index (κ3) is 3.68. The summed E-state index contributed by atoms with van der Waals surface area (Å²) < 4.78 is 5.27.